The third-order valence-corrected chi connectivity index (χ3v) is 8.70. The minimum Gasteiger partial charge on any atom is -0.345 e. The van der Waals surface area contributed by atoms with E-state index in [1.54, 1.807) is 16.0 Å². The second kappa shape index (κ2) is 8.39. The number of nitrogens with zero attached hydrogens (tertiary/aromatic N) is 3. The van der Waals surface area contributed by atoms with Gasteiger partial charge in [-0.25, -0.2) is 18.1 Å². The van der Waals surface area contributed by atoms with E-state index < -0.39 is 9.84 Å². The molecule has 1 aromatic carbocycles. The Kier molecular flexibility index (Phi) is 5.54. The summed E-state index contributed by atoms with van der Waals surface area (Å²) in [7, 11) is -3.10. The lowest BCUT2D eigenvalue weighted by Gasteiger charge is -2.16. The van der Waals surface area contributed by atoms with Crippen molar-refractivity contribution in [3.8, 4) is 10.6 Å². The maximum absolute atomic E-state index is 13.5. The van der Waals surface area contributed by atoms with Gasteiger partial charge in [0.05, 0.1) is 50.8 Å². The van der Waals surface area contributed by atoms with Crippen molar-refractivity contribution in [3.05, 3.63) is 70.7 Å². The van der Waals surface area contributed by atoms with Gasteiger partial charge in [-0.15, -0.1) is 11.3 Å². The van der Waals surface area contributed by atoms with Crippen LogP contribution >= 0.6 is 11.3 Å². The van der Waals surface area contributed by atoms with Gasteiger partial charge in [-0.1, -0.05) is 36.4 Å². The summed E-state index contributed by atoms with van der Waals surface area (Å²) in [4.78, 5) is 19.3. The van der Waals surface area contributed by atoms with E-state index in [1.165, 1.54) is 0 Å². The molecule has 2 atom stereocenters. The number of fused-ring (bicyclic) bond motifs is 1. The van der Waals surface area contributed by atoms with Crippen LogP contribution < -0.4 is 5.32 Å². The Morgan fingerprint density at radius 2 is 2.00 bits per heavy atom. The number of aromatic nitrogens is 3. The van der Waals surface area contributed by atoms with Gasteiger partial charge in [-0.05, 0) is 43.3 Å². The quantitative estimate of drug-likeness (QED) is 0.459. The second-order valence-electron chi connectivity index (χ2n) is 8.42. The number of rotatable bonds is 5. The third kappa shape index (κ3) is 4.18. The van der Waals surface area contributed by atoms with Crippen molar-refractivity contribution >= 4 is 38.1 Å². The number of carbonyl (C=O) groups is 1. The molecule has 0 bridgehead atoms. The maximum atomic E-state index is 13.5. The van der Waals surface area contributed by atoms with Gasteiger partial charge in [0, 0.05) is 0 Å². The highest BCUT2D eigenvalue weighted by Gasteiger charge is 2.32. The average molecular weight is 481 g/mol. The zero-order valence-electron chi connectivity index (χ0n) is 18.4. The van der Waals surface area contributed by atoms with E-state index in [1.807, 2.05) is 67.8 Å². The minimum atomic E-state index is -3.10. The molecule has 0 radical (unpaired) electrons. The Morgan fingerprint density at radius 1 is 1.21 bits per heavy atom. The molecule has 170 valence electrons. The average Bonchev–Trinajstić information content (AvgIpc) is 3.53. The molecular weight excluding hydrogens is 456 g/mol. The molecule has 1 aliphatic rings. The summed E-state index contributed by atoms with van der Waals surface area (Å²) in [6.45, 7) is 3.79. The van der Waals surface area contributed by atoms with Crippen LogP contribution in [0.5, 0.6) is 0 Å². The number of hydrogen-bond acceptors (Lipinski definition) is 6. The summed E-state index contributed by atoms with van der Waals surface area (Å²) in [6.07, 6.45) is 0.496. The number of carbonyl (C=O) groups excluding carboxylic acids is 1. The molecule has 3 aromatic heterocycles. The van der Waals surface area contributed by atoms with Crippen molar-refractivity contribution in [2.45, 2.75) is 32.4 Å². The monoisotopic (exact) mass is 480 g/mol. The van der Waals surface area contributed by atoms with E-state index in [0.717, 1.165) is 10.4 Å². The van der Waals surface area contributed by atoms with Gasteiger partial charge in [-0.3, -0.25) is 4.79 Å². The largest absolute Gasteiger partial charge is 0.345 e. The summed E-state index contributed by atoms with van der Waals surface area (Å²) < 4.78 is 25.9. The molecule has 1 aliphatic heterocycles. The molecule has 0 aliphatic carbocycles. The van der Waals surface area contributed by atoms with Crippen molar-refractivity contribution in [1.82, 2.24) is 20.1 Å². The smallest absolute Gasteiger partial charge is 0.252 e. The van der Waals surface area contributed by atoms with Crippen LogP contribution in [0.15, 0.2) is 53.9 Å². The van der Waals surface area contributed by atoms with E-state index in [0.29, 0.717) is 34.4 Å². The van der Waals surface area contributed by atoms with Gasteiger partial charge in [0.2, 0.25) is 0 Å². The first-order valence-corrected chi connectivity index (χ1v) is 13.5. The fourth-order valence-corrected chi connectivity index (χ4v) is 6.74. The van der Waals surface area contributed by atoms with Crippen LogP contribution in [-0.2, 0) is 9.84 Å². The molecule has 1 saturated heterocycles. The molecule has 0 saturated carbocycles. The lowest BCUT2D eigenvalue weighted by Crippen LogP contribution is -2.27. The number of hydrogen-bond donors (Lipinski definition) is 1. The standard InChI is InChI=1S/C24H24N4O3S2/c1-15(17-7-4-3-5-8-17)25-24(29)19-13-20(21-9-6-11-32-21)26-23-22(19)16(2)27-28(23)18-10-12-33(30,31)14-18/h3-9,11,13,15,18H,10,12,14H2,1-2H3,(H,25,29)/t15-,18+/m0/s1. The number of pyridine rings is 1. The van der Waals surface area contributed by atoms with Crippen LogP contribution in [0.25, 0.3) is 21.6 Å². The van der Waals surface area contributed by atoms with Gasteiger partial charge < -0.3 is 5.32 Å². The molecule has 0 unspecified atom stereocenters. The SMILES string of the molecule is Cc1nn([C@@H]2CCS(=O)(=O)C2)c2nc(-c3cccs3)cc(C(=O)N[C@@H](C)c3ccccc3)c12. The second-order valence-corrected chi connectivity index (χ2v) is 11.6. The summed E-state index contributed by atoms with van der Waals surface area (Å²) in [6, 6.07) is 15.0. The molecule has 9 heteroatoms. The van der Waals surface area contributed by atoms with Gasteiger partial charge in [-0.2, -0.15) is 5.10 Å². The molecule has 1 N–H and O–H groups in total. The lowest BCUT2D eigenvalue weighted by atomic mass is 10.1. The first-order valence-electron chi connectivity index (χ1n) is 10.8. The number of benzene rings is 1. The van der Waals surface area contributed by atoms with Crippen LogP contribution in [0.4, 0.5) is 0 Å². The zero-order chi connectivity index (χ0) is 23.2. The van der Waals surface area contributed by atoms with Gasteiger partial charge >= 0.3 is 0 Å². The predicted octanol–water partition coefficient (Wildman–Crippen LogP) is 4.32. The first-order chi connectivity index (χ1) is 15.8. The summed E-state index contributed by atoms with van der Waals surface area (Å²) in [5.41, 5.74) is 3.40. The Bertz CT molecular complexity index is 1430. The van der Waals surface area contributed by atoms with Gasteiger partial charge in [0.25, 0.3) is 5.91 Å². The normalized spacial score (nSPS) is 18.4. The fourth-order valence-electron chi connectivity index (χ4n) is 4.36. The number of aryl methyl sites for hydroxylation is 1. The van der Waals surface area contributed by atoms with E-state index >= 15 is 0 Å². The number of nitrogens with one attached hydrogen (secondary N) is 1. The van der Waals surface area contributed by atoms with Crippen molar-refractivity contribution in [2.75, 3.05) is 11.5 Å². The van der Waals surface area contributed by atoms with Crippen molar-refractivity contribution in [1.29, 1.82) is 0 Å². The Hall–Kier alpha value is -3.04. The molecule has 4 aromatic rings. The highest BCUT2D eigenvalue weighted by Crippen LogP contribution is 2.33. The molecule has 5 rings (SSSR count). The fraction of sp³-hybridized carbons (Fsp3) is 0.292. The molecule has 4 heterocycles. The molecule has 1 amide bonds. The van der Waals surface area contributed by atoms with Crippen LogP contribution in [0.3, 0.4) is 0 Å². The molecule has 1 fully saturated rings. The number of amides is 1. The predicted molar refractivity (Wildman–Crippen MR) is 130 cm³/mol. The summed E-state index contributed by atoms with van der Waals surface area (Å²) in [5, 5.41) is 10.4. The molecule has 7 nitrogen and oxygen atoms in total. The Balaban J connectivity index is 1.62. The highest BCUT2D eigenvalue weighted by atomic mass is 32.2. The zero-order valence-corrected chi connectivity index (χ0v) is 20.0. The Labute approximate surface area is 196 Å². The van der Waals surface area contributed by atoms with Crippen LogP contribution in [0, 0.1) is 6.92 Å². The van der Waals surface area contributed by atoms with Gasteiger partial charge in [0.1, 0.15) is 0 Å². The summed E-state index contributed by atoms with van der Waals surface area (Å²) >= 11 is 1.54. The van der Waals surface area contributed by atoms with Crippen LogP contribution in [-0.4, -0.2) is 40.6 Å². The summed E-state index contributed by atoms with van der Waals surface area (Å²) in [5.74, 6) is -0.0241. The van der Waals surface area contributed by atoms with E-state index in [9.17, 15) is 13.2 Å². The first kappa shape index (κ1) is 21.8. The number of sulfone groups is 1. The van der Waals surface area contributed by atoms with Gasteiger partial charge in [0.15, 0.2) is 15.5 Å². The van der Waals surface area contributed by atoms with Crippen LogP contribution in [0.1, 0.15) is 47.0 Å². The highest BCUT2D eigenvalue weighted by molar-refractivity contribution is 7.91. The minimum absolute atomic E-state index is 0.0424. The maximum Gasteiger partial charge on any atom is 0.252 e. The molecule has 0 spiro atoms. The number of thiophene rings is 1. The third-order valence-electron chi connectivity index (χ3n) is 6.06. The Morgan fingerprint density at radius 3 is 2.67 bits per heavy atom. The van der Waals surface area contributed by atoms with Crippen LogP contribution in [0.2, 0.25) is 0 Å². The van der Waals surface area contributed by atoms with E-state index in [4.69, 9.17) is 4.98 Å². The van der Waals surface area contributed by atoms with Crippen molar-refractivity contribution < 1.29 is 13.2 Å². The molecule has 33 heavy (non-hydrogen) atoms. The molecular formula is C24H24N4O3S2. The topological polar surface area (TPSA) is 93.9 Å². The van der Waals surface area contributed by atoms with E-state index in [2.05, 4.69) is 10.4 Å². The van der Waals surface area contributed by atoms with E-state index in [-0.39, 0.29) is 29.5 Å². The van der Waals surface area contributed by atoms with Crippen molar-refractivity contribution in [2.24, 2.45) is 0 Å². The van der Waals surface area contributed by atoms with Crippen molar-refractivity contribution in [3.63, 3.8) is 0 Å². The lowest BCUT2D eigenvalue weighted by molar-refractivity contribution is 0.0941.